The second kappa shape index (κ2) is 10.0. The lowest BCUT2D eigenvalue weighted by molar-refractivity contribution is -0.143. The summed E-state index contributed by atoms with van der Waals surface area (Å²) in [5.41, 5.74) is 1.87. The SMILES string of the molecule is Cc1ccccc1C1(CC(=O)N2CCN(c3ccccc3O)CC2)CC(=O)N(Cc2cccnc2)C1=O. The van der Waals surface area contributed by atoms with E-state index in [1.165, 1.54) is 4.90 Å². The first-order chi connectivity index (χ1) is 17.9. The summed E-state index contributed by atoms with van der Waals surface area (Å²) in [6, 6.07) is 18.3. The summed E-state index contributed by atoms with van der Waals surface area (Å²) in [6.07, 6.45) is 3.18. The first-order valence-corrected chi connectivity index (χ1v) is 12.5. The fourth-order valence-corrected chi connectivity index (χ4v) is 5.49. The number of para-hydroxylation sites is 2. The van der Waals surface area contributed by atoms with Gasteiger partial charge in [0.05, 0.1) is 17.6 Å². The van der Waals surface area contributed by atoms with Crippen LogP contribution < -0.4 is 4.90 Å². The largest absolute Gasteiger partial charge is 0.506 e. The smallest absolute Gasteiger partial charge is 0.241 e. The van der Waals surface area contributed by atoms with Crippen LogP contribution in [0.2, 0.25) is 0 Å². The number of hydrogen-bond acceptors (Lipinski definition) is 6. The first kappa shape index (κ1) is 24.5. The van der Waals surface area contributed by atoms with E-state index in [1.807, 2.05) is 49.4 Å². The maximum Gasteiger partial charge on any atom is 0.241 e. The van der Waals surface area contributed by atoms with Crippen molar-refractivity contribution in [3.05, 3.63) is 89.7 Å². The average Bonchev–Trinajstić information content (AvgIpc) is 3.14. The summed E-state index contributed by atoms with van der Waals surface area (Å²) in [4.78, 5) is 50.0. The molecule has 0 spiro atoms. The number of amides is 3. The number of imide groups is 1. The Hall–Kier alpha value is -4.20. The summed E-state index contributed by atoms with van der Waals surface area (Å²) in [6.45, 7) is 4.12. The Labute approximate surface area is 216 Å². The maximum absolute atomic E-state index is 14.0. The zero-order chi connectivity index (χ0) is 26.0. The minimum Gasteiger partial charge on any atom is -0.506 e. The van der Waals surface area contributed by atoms with Gasteiger partial charge in [-0.2, -0.15) is 0 Å². The van der Waals surface area contributed by atoms with Crippen molar-refractivity contribution in [1.82, 2.24) is 14.8 Å². The molecule has 5 rings (SSSR count). The number of rotatable bonds is 6. The zero-order valence-corrected chi connectivity index (χ0v) is 20.8. The van der Waals surface area contributed by atoms with Crippen LogP contribution in [0.5, 0.6) is 5.75 Å². The zero-order valence-electron chi connectivity index (χ0n) is 20.8. The summed E-state index contributed by atoms with van der Waals surface area (Å²) < 4.78 is 0. The lowest BCUT2D eigenvalue weighted by Crippen LogP contribution is -2.51. The number of hydrogen-bond donors (Lipinski definition) is 1. The second-order valence-corrected chi connectivity index (χ2v) is 9.75. The summed E-state index contributed by atoms with van der Waals surface area (Å²) in [5.74, 6) is -0.555. The molecule has 37 heavy (non-hydrogen) atoms. The van der Waals surface area contributed by atoms with Crippen LogP contribution in [-0.4, -0.2) is 63.8 Å². The summed E-state index contributed by atoms with van der Waals surface area (Å²) in [5, 5.41) is 10.2. The van der Waals surface area contributed by atoms with Crippen molar-refractivity contribution < 1.29 is 19.5 Å². The highest BCUT2D eigenvalue weighted by Gasteiger charge is 2.54. The number of aryl methyl sites for hydroxylation is 1. The Morgan fingerprint density at radius 2 is 1.70 bits per heavy atom. The Morgan fingerprint density at radius 3 is 2.41 bits per heavy atom. The van der Waals surface area contributed by atoms with E-state index in [1.54, 1.807) is 35.5 Å². The van der Waals surface area contributed by atoms with Crippen molar-refractivity contribution in [3.8, 4) is 5.75 Å². The summed E-state index contributed by atoms with van der Waals surface area (Å²) >= 11 is 0. The third kappa shape index (κ3) is 4.67. The normalized spacial score (nSPS) is 20.0. The highest BCUT2D eigenvalue weighted by molar-refractivity contribution is 6.10. The molecule has 0 bridgehead atoms. The number of nitrogens with zero attached hydrogens (tertiary/aromatic N) is 4. The van der Waals surface area contributed by atoms with E-state index in [9.17, 15) is 19.5 Å². The number of aromatic nitrogens is 1. The molecule has 0 aliphatic carbocycles. The van der Waals surface area contributed by atoms with E-state index >= 15 is 0 Å². The number of aromatic hydroxyl groups is 1. The molecule has 1 atom stereocenters. The molecule has 0 radical (unpaired) electrons. The number of phenolic OH excluding ortho intramolecular Hbond substituents is 1. The molecule has 3 heterocycles. The Bertz CT molecular complexity index is 1320. The molecule has 1 aromatic heterocycles. The quantitative estimate of drug-likeness (QED) is 0.525. The molecule has 3 aromatic rings. The van der Waals surface area contributed by atoms with Gasteiger partial charge in [-0.15, -0.1) is 0 Å². The molecule has 1 N–H and O–H groups in total. The third-order valence-corrected chi connectivity index (χ3v) is 7.44. The molecule has 2 aromatic carbocycles. The van der Waals surface area contributed by atoms with Crippen LogP contribution in [0.3, 0.4) is 0 Å². The van der Waals surface area contributed by atoms with Gasteiger partial charge in [-0.05, 0) is 41.8 Å². The van der Waals surface area contributed by atoms with Gasteiger partial charge in [0, 0.05) is 51.4 Å². The number of anilines is 1. The van der Waals surface area contributed by atoms with Crippen molar-refractivity contribution in [3.63, 3.8) is 0 Å². The molecule has 8 nitrogen and oxygen atoms in total. The molecule has 1 unspecified atom stereocenters. The standard InChI is InChI=1S/C29H30N4O4/c1-21-7-2-3-9-23(21)29(18-27(36)33(28(29)37)20-22-8-6-12-30-19-22)17-26(35)32-15-13-31(14-16-32)24-10-4-5-11-25(24)34/h2-12,19,34H,13-18,20H2,1H3. The number of likely N-dealkylation sites (tertiary alicyclic amines) is 1. The fraction of sp³-hybridized carbons (Fsp3) is 0.310. The van der Waals surface area contributed by atoms with Gasteiger partial charge in [-0.1, -0.05) is 42.5 Å². The van der Waals surface area contributed by atoms with E-state index in [0.717, 1.165) is 22.4 Å². The maximum atomic E-state index is 14.0. The topological polar surface area (TPSA) is 94.1 Å². The lowest BCUT2D eigenvalue weighted by Gasteiger charge is -2.38. The van der Waals surface area contributed by atoms with Crippen LogP contribution in [0.25, 0.3) is 0 Å². The van der Waals surface area contributed by atoms with E-state index < -0.39 is 5.41 Å². The van der Waals surface area contributed by atoms with Gasteiger partial charge in [-0.25, -0.2) is 0 Å². The molecular formula is C29H30N4O4. The number of piperazine rings is 1. The van der Waals surface area contributed by atoms with Gasteiger partial charge in [0.2, 0.25) is 17.7 Å². The Balaban J connectivity index is 1.38. The molecule has 190 valence electrons. The van der Waals surface area contributed by atoms with Crippen LogP contribution >= 0.6 is 0 Å². The van der Waals surface area contributed by atoms with Gasteiger partial charge in [0.1, 0.15) is 5.75 Å². The Kier molecular flexibility index (Phi) is 6.65. The van der Waals surface area contributed by atoms with Crippen LogP contribution in [0.1, 0.15) is 29.5 Å². The van der Waals surface area contributed by atoms with Crippen LogP contribution in [0.15, 0.2) is 73.1 Å². The number of carbonyl (C=O) groups excluding carboxylic acids is 3. The van der Waals surface area contributed by atoms with E-state index in [0.29, 0.717) is 26.2 Å². The van der Waals surface area contributed by atoms with Crippen LogP contribution in [-0.2, 0) is 26.3 Å². The second-order valence-electron chi connectivity index (χ2n) is 9.75. The van der Waals surface area contributed by atoms with Crippen LogP contribution in [0.4, 0.5) is 5.69 Å². The van der Waals surface area contributed by atoms with Crippen molar-refractivity contribution in [2.24, 2.45) is 0 Å². The van der Waals surface area contributed by atoms with Crippen LogP contribution in [0, 0.1) is 6.92 Å². The van der Waals surface area contributed by atoms with E-state index in [2.05, 4.69) is 9.88 Å². The minimum atomic E-state index is -1.24. The molecule has 8 heteroatoms. The molecule has 2 aliphatic heterocycles. The van der Waals surface area contributed by atoms with Gasteiger partial charge in [0.25, 0.3) is 0 Å². The van der Waals surface area contributed by atoms with E-state index in [4.69, 9.17) is 0 Å². The monoisotopic (exact) mass is 498 g/mol. The predicted octanol–water partition coefficient (Wildman–Crippen LogP) is 3.03. The van der Waals surface area contributed by atoms with Gasteiger partial charge < -0.3 is 14.9 Å². The fourth-order valence-electron chi connectivity index (χ4n) is 5.49. The number of carbonyl (C=O) groups is 3. The summed E-state index contributed by atoms with van der Waals surface area (Å²) in [7, 11) is 0. The molecule has 0 saturated carbocycles. The van der Waals surface area contributed by atoms with E-state index in [-0.39, 0.29) is 42.9 Å². The third-order valence-electron chi connectivity index (χ3n) is 7.44. The van der Waals surface area contributed by atoms with Gasteiger partial charge in [-0.3, -0.25) is 24.3 Å². The first-order valence-electron chi connectivity index (χ1n) is 12.5. The minimum absolute atomic E-state index is 0.0411. The van der Waals surface area contributed by atoms with Gasteiger partial charge >= 0.3 is 0 Å². The molecule has 2 aliphatic rings. The molecule has 2 saturated heterocycles. The van der Waals surface area contributed by atoms with Crippen molar-refractivity contribution in [1.29, 1.82) is 0 Å². The van der Waals surface area contributed by atoms with Crippen molar-refractivity contribution >= 4 is 23.4 Å². The highest BCUT2D eigenvalue weighted by atomic mass is 16.3. The molecule has 3 amide bonds. The molecule has 2 fully saturated rings. The number of benzene rings is 2. The number of pyridine rings is 1. The Morgan fingerprint density at radius 1 is 0.973 bits per heavy atom. The average molecular weight is 499 g/mol. The predicted molar refractivity (Wildman–Crippen MR) is 139 cm³/mol. The van der Waals surface area contributed by atoms with Crippen molar-refractivity contribution in [2.75, 3.05) is 31.1 Å². The lowest BCUT2D eigenvalue weighted by atomic mass is 9.74. The molecular weight excluding hydrogens is 468 g/mol. The van der Waals surface area contributed by atoms with Crippen molar-refractivity contribution in [2.45, 2.75) is 31.7 Å². The van der Waals surface area contributed by atoms with Gasteiger partial charge in [0.15, 0.2) is 0 Å². The highest BCUT2D eigenvalue weighted by Crippen LogP contribution is 2.42. The number of phenols is 1.